The van der Waals surface area contributed by atoms with Gasteiger partial charge in [0, 0.05) is 30.1 Å². The van der Waals surface area contributed by atoms with Crippen molar-refractivity contribution in [3.05, 3.63) is 70.6 Å². The molecule has 4 rings (SSSR count). The second-order valence-electron chi connectivity index (χ2n) is 6.72. The Hall–Kier alpha value is -2.51. The molecule has 146 valence electrons. The highest BCUT2D eigenvalue weighted by molar-refractivity contribution is 7.13. The molecule has 2 heterocycles. The zero-order chi connectivity index (χ0) is 19.7. The number of phenolic OH excluding ortho intramolecular Hbond substituents is 1. The molecule has 0 unspecified atom stereocenters. The third-order valence-corrected chi connectivity index (χ3v) is 5.58. The molecular weight excluding hydrogens is 387 g/mol. The molecule has 0 amide bonds. The first-order chi connectivity index (χ1) is 13.4. The van der Waals surface area contributed by atoms with Crippen LogP contribution in [0.4, 0.5) is 13.2 Å². The number of thiophene rings is 1. The van der Waals surface area contributed by atoms with E-state index in [1.54, 1.807) is 23.5 Å². The molecule has 3 nitrogen and oxygen atoms in total. The number of alkyl halides is 3. The lowest BCUT2D eigenvalue weighted by Crippen LogP contribution is -2.25. The lowest BCUT2D eigenvalue weighted by atomic mass is 10.1. The van der Waals surface area contributed by atoms with Crippen molar-refractivity contribution in [2.45, 2.75) is 19.3 Å². The molecular formula is C21H18F3NO2S. The van der Waals surface area contributed by atoms with Crippen LogP contribution in [0.1, 0.15) is 16.7 Å². The quantitative estimate of drug-likeness (QED) is 0.622. The summed E-state index contributed by atoms with van der Waals surface area (Å²) in [5, 5.41) is 12.4. The van der Waals surface area contributed by atoms with Crippen molar-refractivity contribution in [1.82, 2.24) is 4.90 Å². The summed E-state index contributed by atoms with van der Waals surface area (Å²) in [6, 6.07) is 13.0. The Bertz CT molecular complexity index is 970. The predicted octanol–water partition coefficient (Wildman–Crippen LogP) is 5.53. The summed E-state index contributed by atoms with van der Waals surface area (Å²) in [6.07, 6.45) is -4.36. The molecule has 0 saturated heterocycles. The number of hydrogen-bond donors (Lipinski definition) is 1. The highest BCUT2D eigenvalue weighted by Crippen LogP contribution is 2.39. The minimum atomic E-state index is -4.36. The van der Waals surface area contributed by atoms with E-state index >= 15 is 0 Å². The predicted molar refractivity (Wildman–Crippen MR) is 102 cm³/mol. The Labute approximate surface area is 164 Å². The van der Waals surface area contributed by atoms with Gasteiger partial charge in [-0.2, -0.15) is 13.2 Å². The molecule has 1 aromatic heterocycles. The first kappa shape index (κ1) is 18.8. The molecule has 0 fully saturated rings. The van der Waals surface area contributed by atoms with E-state index in [1.165, 1.54) is 12.1 Å². The molecule has 1 aliphatic rings. The lowest BCUT2D eigenvalue weighted by Gasteiger charge is -2.20. The molecule has 1 aliphatic heterocycles. The summed E-state index contributed by atoms with van der Waals surface area (Å²) < 4.78 is 44.6. The van der Waals surface area contributed by atoms with Gasteiger partial charge >= 0.3 is 6.18 Å². The first-order valence-electron chi connectivity index (χ1n) is 8.81. The van der Waals surface area contributed by atoms with Crippen LogP contribution in [-0.2, 0) is 19.3 Å². The number of rotatable bonds is 3. The number of ether oxygens (including phenoxy) is 1. The summed E-state index contributed by atoms with van der Waals surface area (Å²) in [6.45, 7) is 1.77. The Morgan fingerprint density at radius 1 is 1.11 bits per heavy atom. The maximum Gasteiger partial charge on any atom is 0.416 e. The second kappa shape index (κ2) is 7.48. The number of fused-ring (bicyclic) bond motifs is 1. The Balaban J connectivity index is 1.60. The summed E-state index contributed by atoms with van der Waals surface area (Å²) in [5.74, 6) is 0.536. The summed E-state index contributed by atoms with van der Waals surface area (Å²) in [5.41, 5.74) is 1.68. The third kappa shape index (κ3) is 4.00. The molecule has 0 spiro atoms. The van der Waals surface area contributed by atoms with Crippen molar-refractivity contribution < 1.29 is 23.0 Å². The zero-order valence-electron chi connectivity index (χ0n) is 14.9. The van der Waals surface area contributed by atoms with Gasteiger partial charge in [0.15, 0.2) is 11.5 Å². The fourth-order valence-electron chi connectivity index (χ4n) is 3.38. The molecule has 3 aromatic rings. The van der Waals surface area contributed by atoms with Crippen molar-refractivity contribution in [3.8, 4) is 21.9 Å². The van der Waals surface area contributed by atoms with Crippen LogP contribution in [0.5, 0.6) is 11.5 Å². The van der Waals surface area contributed by atoms with Gasteiger partial charge in [-0.15, -0.1) is 11.3 Å². The van der Waals surface area contributed by atoms with Gasteiger partial charge in [-0.3, -0.25) is 4.90 Å². The first-order valence-corrected chi connectivity index (χ1v) is 9.69. The Kier molecular flexibility index (Phi) is 5.03. The van der Waals surface area contributed by atoms with Crippen molar-refractivity contribution in [2.24, 2.45) is 0 Å². The van der Waals surface area contributed by atoms with Crippen LogP contribution in [0.2, 0.25) is 0 Å². The van der Waals surface area contributed by atoms with Crippen LogP contribution in [0.15, 0.2) is 53.9 Å². The number of hydrogen-bond acceptors (Lipinski definition) is 4. The van der Waals surface area contributed by atoms with Crippen molar-refractivity contribution >= 4 is 11.3 Å². The van der Waals surface area contributed by atoms with Gasteiger partial charge < -0.3 is 9.84 Å². The lowest BCUT2D eigenvalue weighted by molar-refractivity contribution is -0.137. The Morgan fingerprint density at radius 2 is 1.96 bits per heavy atom. The van der Waals surface area contributed by atoms with E-state index in [4.69, 9.17) is 4.74 Å². The molecule has 28 heavy (non-hydrogen) atoms. The molecule has 0 atom stereocenters. The van der Waals surface area contributed by atoms with Crippen LogP contribution in [0.3, 0.4) is 0 Å². The maximum atomic E-state index is 13.0. The number of phenols is 1. The molecule has 0 bridgehead atoms. The van der Waals surface area contributed by atoms with Gasteiger partial charge in [-0.25, -0.2) is 0 Å². The summed E-state index contributed by atoms with van der Waals surface area (Å²) in [4.78, 5) is 3.06. The number of aromatic hydroxyl groups is 1. The van der Waals surface area contributed by atoms with Crippen molar-refractivity contribution in [1.29, 1.82) is 0 Å². The van der Waals surface area contributed by atoms with Crippen molar-refractivity contribution in [3.63, 3.8) is 0 Å². The molecule has 0 saturated carbocycles. The topological polar surface area (TPSA) is 32.7 Å². The molecule has 2 aromatic carbocycles. The maximum absolute atomic E-state index is 13.0. The summed E-state index contributed by atoms with van der Waals surface area (Å²) in [7, 11) is 0. The largest absolute Gasteiger partial charge is 0.504 e. The van der Waals surface area contributed by atoms with Gasteiger partial charge in [0.25, 0.3) is 0 Å². The monoisotopic (exact) mass is 405 g/mol. The van der Waals surface area contributed by atoms with Crippen LogP contribution in [-0.4, -0.2) is 23.2 Å². The van der Waals surface area contributed by atoms with E-state index in [0.717, 1.165) is 22.1 Å². The van der Waals surface area contributed by atoms with E-state index < -0.39 is 11.7 Å². The van der Waals surface area contributed by atoms with Gasteiger partial charge in [-0.1, -0.05) is 24.3 Å². The standard InChI is InChI=1S/C21H18F3NO2S/c22-21(23,24)17-4-1-3-14(9-17)12-25-6-7-27-20-16(13-25)10-15(11-18(20)26)19-5-2-8-28-19/h1-5,8-11,26H,6-7,12-13H2. The van der Waals surface area contributed by atoms with Crippen LogP contribution >= 0.6 is 11.3 Å². The van der Waals surface area contributed by atoms with Crippen LogP contribution in [0.25, 0.3) is 10.4 Å². The minimum Gasteiger partial charge on any atom is -0.504 e. The molecule has 0 aliphatic carbocycles. The fraction of sp³-hybridized carbons (Fsp3) is 0.238. The highest BCUT2D eigenvalue weighted by Gasteiger charge is 2.30. The van der Waals surface area contributed by atoms with Crippen LogP contribution < -0.4 is 4.74 Å². The molecule has 7 heteroatoms. The van der Waals surface area contributed by atoms with E-state index in [1.807, 2.05) is 28.5 Å². The average Bonchev–Trinajstić information content (AvgIpc) is 3.10. The normalized spacial score (nSPS) is 15.0. The van der Waals surface area contributed by atoms with E-state index in [9.17, 15) is 18.3 Å². The number of nitrogens with zero attached hydrogens (tertiary/aromatic N) is 1. The van der Waals surface area contributed by atoms with E-state index in [0.29, 0.717) is 37.6 Å². The Morgan fingerprint density at radius 3 is 2.71 bits per heavy atom. The van der Waals surface area contributed by atoms with Gasteiger partial charge in [-0.05, 0) is 40.8 Å². The van der Waals surface area contributed by atoms with Crippen molar-refractivity contribution in [2.75, 3.05) is 13.2 Å². The average molecular weight is 405 g/mol. The smallest absolute Gasteiger partial charge is 0.416 e. The number of halogens is 3. The summed E-state index contributed by atoms with van der Waals surface area (Å²) >= 11 is 1.58. The van der Waals surface area contributed by atoms with E-state index in [2.05, 4.69) is 0 Å². The third-order valence-electron chi connectivity index (χ3n) is 4.66. The van der Waals surface area contributed by atoms with Gasteiger partial charge in [0.2, 0.25) is 0 Å². The van der Waals surface area contributed by atoms with Crippen LogP contribution in [0, 0.1) is 0 Å². The van der Waals surface area contributed by atoms with Gasteiger partial charge in [0.1, 0.15) is 6.61 Å². The SMILES string of the molecule is Oc1cc(-c2cccs2)cc2c1OCCN(Cc1cccc(C(F)(F)F)c1)C2. The fourth-order valence-corrected chi connectivity index (χ4v) is 4.09. The highest BCUT2D eigenvalue weighted by atomic mass is 32.1. The molecule has 0 radical (unpaired) electrons. The van der Waals surface area contributed by atoms with Gasteiger partial charge in [0.05, 0.1) is 5.56 Å². The number of benzene rings is 2. The second-order valence-corrected chi connectivity index (χ2v) is 7.67. The molecule has 1 N–H and O–H groups in total. The minimum absolute atomic E-state index is 0.0850. The van der Waals surface area contributed by atoms with E-state index in [-0.39, 0.29) is 5.75 Å². The zero-order valence-corrected chi connectivity index (χ0v) is 15.7.